The lowest BCUT2D eigenvalue weighted by atomic mass is 9.95. The summed E-state index contributed by atoms with van der Waals surface area (Å²) in [5, 5.41) is 0. The number of nitrogen functional groups attached to an aromatic ring is 1. The Hall–Kier alpha value is -3.08. The summed E-state index contributed by atoms with van der Waals surface area (Å²) in [4.78, 5) is 25.2. The molecule has 3 aromatic rings. The minimum absolute atomic E-state index is 0.0153. The van der Waals surface area contributed by atoms with Crippen LogP contribution in [0.5, 0.6) is 0 Å². The number of nitrogens with zero attached hydrogens (tertiary/aromatic N) is 4. The van der Waals surface area contributed by atoms with Crippen LogP contribution in [0.4, 0.5) is 5.82 Å². The van der Waals surface area contributed by atoms with Crippen LogP contribution < -0.4 is 5.73 Å². The van der Waals surface area contributed by atoms with Gasteiger partial charge in [0.25, 0.3) is 0 Å². The molecule has 1 aliphatic rings. The first-order valence-electron chi connectivity index (χ1n) is 11.1. The van der Waals surface area contributed by atoms with Gasteiger partial charge in [0.1, 0.15) is 30.2 Å². The third kappa shape index (κ3) is 4.36. The third-order valence-corrected chi connectivity index (χ3v) is 5.97. The van der Waals surface area contributed by atoms with Crippen molar-refractivity contribution >= 4 is 23.0 Å². The van der Waals surface area contributed by atoms with Crippen molar-refractivity contribution in [2.75, 3.05) is 19.5 Å². The van der Waals surface area contributed by atoms with E-state index in [1.807, 2.05) is 38.1 Å². The molecule has 4 rings (SSSR count). The second-order valence-electron chi connectivity index (χ2n) is 9.69. The number of anilines is 1. The number of nitrogens with two attached hydrogens (primary N) is 1. The molecule has 1 aliphatic heterocycles. The summed E-state index contributed by atoms with van der Waals surface area (Å²) >= 11 is 0. The fraction of sp³-hybridized carbons (Fsp3) is 0.500. The monoisotopic (exact) mass is 469 g/mol. The maximum atomic E-state index is 12.5. The van der Waals surface area contributed by atoms with Crippen molar-refractivity contribution in [3.05, 3.63) is 48.0 Å². The van der Waals surface area contributed by atoms with E-state index in [0.717, 1.165) is 11.1 Å². The van der Waals surface area contributed by atoms with E-state index in [1.54, 1.807) is 38.8 Å². The van der Waals surface area contributed by atoms with E-state index in [9.17, 15) is 4.79 Å². The second-order valence-corrected chi connectivity index (χ2v) is 9.69. The molecule has 182 valence electrons. The normalized spacial score (nSPS) is 23.8. The van der Waals surface area contributed by atoms with Crippen LogP contribution in [0.1, 0.15) is 51.3 Å². The molecule has 0 radical (unpaired) electrons. The van der Waals surface area contributed by atoms with Crippen LogP contribution in [0, 0.1) is 12.3 Å². The predicted molar refractivity (Wildman–Crippen MR) is 124 cm³/mol. The minimum atomic E-state index is -1.07. The van der Waals surface area contributed by atoms with Crippen molar-refractivity contribution in [3.8, 4) is 0 Å². The molecule has 0 bridgehead atoms. The number of aryl methyl sites for hydroxylation is 1. The van der Waals surface area contributed by atoms with Crippen molar-refractivity contribution in [3.63, 3.8) is 0 Å². The van der Waals surface area contributed by atoms with Gasteiger partial charge in [-0.3, -0.25) is 9.36 Å². The zero-order chi connectivity index (χ0) is 24.7. The lowest BCUT2D eigenvalue weighted by Gasteiger charge is -2.36. The Morgan fingerprint density at radius 1 is 1.24 bits per heavy atom. The lowest BCUT2D eigenvalue weighted by molar-refractivity contribution is -0.168. The number of carbonyl (C=O) groups is 1. The molecule has 0 amide bonds. The zero-order valence-corrected chi connectivity index (χ0v) is 20.3. The summed E-state index contributed by atoms with van der Waals surface area (Å²) in [6.07, 6.45) is 0.896. The first kappa shape index (κ1) is 24.1. The average molecular weight is 470 g/mol. The van der Waals surface area contributed by atoms with Gasteiger partial charge in [-0.25, -0.2) is 15.0 Å². The SMILES string of the molecule is COC(n1cnc2c(N)ncnc21)[C@]1(C)OC(c2ccc(C)cc2)O[C@@H]1COC(=O)C(C)(C)C. The fourth-order valence-electron chi connectivity index (χ4n) is 3.94. The molecule has 1 fully saturated rings. The number of rotatable bonds is 6. The number of hydrogen-bond donors (Lipinski definition) is 1. The van der Waals surface area contributed by atoms with Crippen LogP contribution in [0.15, 0.2) is 36.9 Å². The highest BCUT2D eigenvalue weighted by atomic mass is 16.8. The van der Waals surface area contributed by atoms with Gasteiger partial charge in [0.05, 0.1) is 11.7 Å². The Kier molecular flexibility index (Phi) is 6.32. The Labute approximate surface area is 198 Å². The molecule has 0 spiro atoms. The van der Waals surface area contributed by atoms with Gasteiger partial charge in [-0.1, -0.05) is 29.8 Å². The number of esters is 1. The van der Waals surface area contributed by atoms with Gasteiger partial charge in [-0.2, -0.15) is 0 Å². The van der Waals surface area contributed by atoms with Crippen molar-refractivity contribution < 1.29 is 23.7 Å². The summed E-state index contributed by atoms with van der Waals surface area (Å²) in [6, 6.07) is 7.88. The number of fused-ring (bicyclic) bond motifs is 1. The highest BCUT2D eigenvalue weighted by molar-refractivity contribution is 5.81. The van der Waals surface area contributed by atoms with Gasteiger partial charge in [0.15, 0.2) is 24.0 Å². The van der Waals surface area contributed by atoms with E-state index in [-0.39, 0.29) is 18.4 Å². The first-order valence-corrected chi connectivity index (χ1v) is 11.1. The Balaban J connectivity index is 1.71. The van der Waals surface area contributed by atoms with Crippen molar-refractivity contribution in [2.24, 2.45) is 5.41 Å². The number of hydrogen-bond acceptors (Lipinski definition) is 9. The van der Waals surface area contributed by atoms with Crippen LogP contribution in [0.25, 0.3) is 11.2 Å². The molecule has 4 atom stereocenters. The fourth-order valence-corrected chi connectivity index (χ4v) is 3.94. The van der Waals surface area contributed by atoms with Crippen molar-refractivity contribution in [1.29, 1.82) is 0 Å². The lowest BCUT2D eigenvalue weighted by Crippen LogP contribution is -2.48. The zero-order valence-electron chi connectivity index (χ0n) is 20.3. The number of methoxy groups -OCH3 is 1. The maximum absolute atomic E-state index is 12.5. The molecule has 2 N–H and O–H groups in total. The topological polar surface area (TPSA) is 124 Å². The average Bonchev–Trinajstić information content (AvgIpc) is 3.35. The van der Waals surface area contributed by atoms with E-state index in [1.165, 1.54) is 6.33 Å². The molecule has 3 heterocycles. The predicted octanol–water partition coefficient (Wildman–Crippen LogP) is 3.32. The smallest absolute Gasteiger partial charge is 0.311 e. The van der Waals surface area contributed by atoms with Crippen LogP contribution in [-0.4, -0.2) is 50.9 Å². The molecule has 0 aliphatic carbocycles. The highest BCUT2D eigenvalue weighted by Crippen LogP contribution is 2.45. The summed E-state index contributed by atoms with van der Waals surface area (Å²) in [6.45, 7) is 9.26. The van der Waals surface area contributed by atoms with E-state index in [4.69, 9.17) is 24.7 Å². The van der Waals surface area contributed by atoms with Crippen LogP contribution >= 0.6 is 0 Å². The molecule has 10 heteroatoms. The summed E-state index contributed by atoms with van der Waals surface area (Å²) < 4.78 is 26.1. The molecular formula is C24H31N5O5. The van der Waals surface area contributed by atoms with E-state index in [0.29, 0.717) is 11.2 Å². The van der Waals surface area contributed by atoms with Gasteiger partial charge < -0.3 is 24.7 Å². The molecule has 1 saturated heterocycles. The van der Waals surface area contributed by atoms with Gasteiger partial charge in [-0.15, -0.1) is 0 Å². The van der Waals surface area contributed by atoms with E-state index < -0.39 is 29.6 Å². The summed E-state index contributed by atoms with van der Waals surface area (Å²) in [7, 11) is 1.56. The second kappa shape index (κ2) is 8.94. The Morgan fingerprint density at radius 2 is 1.94 bits per heavy atom. The molecular weight excluding hydrogens is 438 g/mol. The number of carbonyl (C=O) groups excluding carboxylic acids is 1. The molecule has 2 aromatic heterocycles. The summed E-state index contributed by atoms with van der Waals surface area (Å²) in [5.74, 6) is -0.0691. The number of imidazole rings is 1. The van der Waals surface area contributed by atoms with Gasteiger partial charge in [0.2, 0.25) is 0 Å². The molecule has 10 nitrogen and oxygen atoms in total. The van der Waals surface area contributed by atoms with E-state index >= 15 is 0 Å². The number of benzene rings is 1. The van der Waals surface area contributed by atoms with Gasteiger partial charge >= 0.3 is 5.97 Å². The molecule has 2 unspecified atom stereocenters. The largest absolute Gasteiger partial charge is 0.462 e. The number of ether oxygens (including phenoxy) is 4. The standard InChI is InChI=1S/C24H31N5O5/c1-14-7-9-15(10-8-14)20-33-16(11-32-22(30)23(2,3)4)24(5,34-20)21(31-6)29-13-28-17-18(25)26-12-27-19(17)29/h7-10,12-13,16,20-21H,11H2,1-6H3,(H2,25,26,27)/t16-,20?,21?,24-/m1/s1. The van der Waals surface area contributed by atoms with Crippen LogP contribution in [-0.2, 0) is 23.7 Å². The Morgan fingerprint density at radius 3 is 2.59 bits per heavy atom. The minimum Gasteiger partial charge on any atom is -0.462 e. The molecule has 1 aromatic carbocycles. The highest BCUT2D eigenvalue weighted by Gasteiger charge is 2.54. The quantitative estimate of drug-likeness (QED) is 0.541. The van der Waals surface area contributed by atoms with Gasteiger partial charge in [-0.05, 0) is 34.6 Å². The summed E-state index contributed by atoms with van der Waals surface area (Å²) in [5.41, 5.74) is 7.17. The molecule has 0 saturated carbocycles. The van der Waals surface area contributed by atoms with Crippen molar-refractivity contribution in [1.82, 2.24) is 19.5 Å². The Bertz CT molecular complexity index is 1170. The van der Waals surface area contributed by atoms with Gasteiger partial charge in [0, 0.05) is 12.7 Å². The molecule has 34 heavy (non-hydrogen) atoms. The maximum Gasteiger partial charge on any atom is 0.311 e. The van der Waals surface area contributed by atoms with E-state index in [2.05, 4.69) is 15.0 Å². The number of aromatic nitrogens is 4. The van der Waals surface area contributed by atoms with Crippen LogP contribution in [0.2, 0.25) is 0 Å². The third-order valence-electron chi connectivity index (χ3n) is 5.97. The first-order chi connectivity index (χ1) is 16.0. The van der Waals surface area contributed by atoms with Crippen LogP contribution in [0.3, 0.4) is 0 Å². The van der Waals surface area contributed by atoms with Crippen molar-refractivity contribution in [2.45, 2.75) is 58.8 Å².